The van der Waals surface area contributed by atoms with Gasteiger partial charge in [0.1, 0.15) is 0 Å². The maximum absolute atomic E-state index is 12.4. The summed E-state index contributed by atoms with van der Waals surface area (Å²) in [5, 5.41) is 3.30. The second kappa shape index (κ2) is 6.25. The van der Waals surface area contributed by atoms with Crippen molar-refractivity contribution in [3.8, 4) is 0 Å². The fourth-order valence-electron chi connectivity index (χ4n) is 2.36. The van der Waals surface area contributed by atoms with Gasteiger partial charge in [-0.2, -0.15) is 0 Å². The number of carbonyl (C=O) groups is 1. The largest absolute Gasteiger partial charge is 0.316 e. The van der Waals surface area contributed by atoms with Crippen LogP contribution in [0, 0.1) is 5.92 Å². The van der Waals surface area contributed by atoms with Gasteiger partial charge in [-0.05, 0) is 37.8 Å². The predicted octanol–water partition coefficient (Wildman–Crippen LogP) is 2.37. The maximum Gasteiger partial charge on any atom is 0.231 e. The molecule has 4 heteroatoms. The lowest BCUT2D eigenvalue weighted by Crippen LogP contribution is -2.41. The van der Waals surface area contributed by atoms with Crippen molar-refractivity contribution >= 4 is 23.4 Å². The number of nitrogens with zero attached hydrogens (tertiary/aromatic N) is 1. The quantitative estimate of drug-likeness (QED) is 0.851. The van der Waals surface area contributed by atoms with Crippen LogP contribution >= 0.6 is 11.8 Å². The number of thioether (sulfide) groups is 1. The Bertz CT molecular complexity index is 416. The minimum absolute atomic E-state index is 0.124. The van der Waals surface area contributed by atoms with E-state index < -0.39 is 0 Å². The van der Waals surface area contributed by atoms with E-state index in [1.54, 1.807) is 11.8 Å². The number of anilines is 1. The van der Waals surface area contributed by atoms with Crippen molar-refractivity contribution in [2.75, 3.05) is 31.3 Å². The van der Waals surface area contributed by atoms with E-state index in [9.17, 15) is 4.79 Å². The molecule has 1 aromatic carbocycles. The highest BCUT2D eigenvalue weighted by molar-refractivity contribution is 7.98. The van der Waals surface area contributed by atoms with E-state index in [4.69, 9.17) is 0 Å². The molecule has 1 amide bonds. The SMILES string of the molecule is CSc1ccccc1N(C)C(=O)C1CCCNC1. The van der Waals surface area contributed by atoms with Crippen LogP contribution in [0.1, 0.15) is 12.8 Å². The Kier molecular flexibility index (Phi) is 4.66. The van der Waals surface area contributed by atoms with Gasteiger partial charge in [-0.15, -0.1) is 11.8 Å². The number of benzene rings is 1. The second-order valence-electron chi connectivity index (χ2n) is 4.61. The Morgan fingerprint density at radius 2 is 2.22 bits per heavy atom. The van der Waals surface area contributed by atoms with Gasteiger partial charge in [-0.1, -0.05) is 12.1 Å². The van der Waals surface area contributed by atoms with Crippen LogP contribution in [0.4, 0.5) is 5.69 Å². The van der Waals surface area contributed by atoms with Gasteiger partial charge in [0.05, 0.1) is 11.6 Å². The first-order valence-electron chi connectivity index (χ1n) is 6.35. The molecule has 1 atom stereocenters. The summed E-state index contributed by atoms with van der Waals surface area (Å²) in [6, 6.07) is 8.07. The van der Waals surface area contributed by atoms with E-state index >= 15 is 0 Å². The molecule has 1 saturated heterocycles. The van der Waals surface area contributed by atoms with Crippen LogP contribution in [0.15, 0.2) is 29.2 Å². The summed E-state index contributed by atoms with van der Waals surface area (Å²) in [7, 11) is 1.88. The fraction of sp³-hybridized carbons (Fsp3) is 0.500. The van der Waals surface area contributed by atoms with Gasteiger partial charge in [0, 0.05) is 18.5 Å². The van der Waals surface area contributed by atoms with Crippen LogP contribution < -0.4 is 10.2 Å². The lowest BCUT2D eigenvalue weighted by molar-refractivity contribution is -0.122. The summed E-state index contributed by atoms with van der Waals surface area (Å²) in [6.07, 6.45) is 4.13. The molecule has 0 aliphatic carbocycles. The van der Waals surface area contributed by atoms with Gasteiger partial charge in [0.15, 0.2) is 0 Å². The Balaban J connectivity index is 2.14. The first-order chi connectivity index (χ1) is 8.74. The number of para-hydroxylation sites is 1. The molecule has 1 heterocycles. The van der Waals surface area contributed by atoms with Gasteiger partial charge in [-0.25, -0.2) is 0 Å². The molecule has 0 spiro atoms. The Labute approximate surface area is 113 Å². The Morgan fingerprint density at radius 1 is 1.44 bits per heavy atom. The van der Waals surface area contributed by atoms with Crippen LogP contribution in [-0.4, -0.2) is 32.3 Å². The molecule has 1 N–H and O–H groups in total. The molecule has 0 radical (unpaired) electrons. The van der Waals surface area contributed by atoms with Crippen molar-refractivity contribution in [3.63, 3.8) is 0 Å². The topological polar surface area (TPSA) is 32.3 Å². The lowest BCUT2D eigenvalue weighted by Gasteiger charge is -2.28. The van der Waals surface area contributed by atoms with Crippen molar-refractivity contribution in [1.29, 1.82) is 0 Å². The Morgan fingerprint density at radius 3 is 2.89 bits per heavy atom. The van der Waals surface area contributed by atoms with Gasteiger partial charge in [-0.3, -0.25) is 4.79 Å². The molecule has 0 saturated carbocycles. The molecule has 1 aliphatic rings. The van der Waals surface area contributed by atoms with Gasteiger partial charge in [0.25, 0.3) is 0 Å². The minimum atomic E-state index is 0.124. The maximum atomic E-state index is 12.4. The van der Waals surface area contributed by atoms with Crippen LogP contribution in [0.3, 0.4) is 0 Å². The highest BCUT2D eigenvalue weighted by Crippen LogP contribution is 2.29. The summed E-state index contributed by atoms with van der Waals surface area (Å²) in [4.78, 5) is 15.4. The van der Waals surface area contributed by atoms with Crippen molar-refractivity contribution in [2.45, 2.75) is 17.7 Å². The number of amides is 1. The first kappa shape index (κ1) is 13.4. The third kappa shape index (κ3) is 2.87. The number of carbonyl (C=O) groups excluding carboxylic acids is 1. The molecule has 1 aromatic rings. The molecular weight excluding hydrogens is 244 g/mol. The van der Waals surface area contributed by atoms with Crippen molar-refractivity contribution in [2.24, 2.45) is 5.92 Å². The van der Waals surface area contributed by atoms with Crippen molar-refractivity contribution in [3.05, 3.63) is 24.3 Å². The average Bonchev–Trinajstić information content (AvgIpc) is 2.46. The summed E-state index contributed by atoms with van der Waals surface area (Å²) in [6.45, 7) is 1.85. The smallest absolute Gasteiger partial charge is 0.231 e. The van der Waals surface area contributed by atoms with E-state index in [1.165, 1.54) is 0 Å². The molecule has 18 heavy (non-hydrogen) atoms. The summed E-state index contributed by atoms with van der Waals surface area (Å²) < 4.78 is 0. The summed E-state index contributed by atoms with van der Waals surface area (Å²) in [5.41, 5.74) is 1.01. The van der Waals surface area contributed by atoms with E-state index in [-0.39, 0.29) is 11.8 Å². The molecule has 3 nitrogen and oxygen atoms in total. The number of rotatable bonds is 3. The van der Waals surface area contributed by atoms with Gasteiger partial charge < -0.3 is 10.2 Å². The molecular formula is C14H20N2OS. The molecule has 1 unspecified atom stereocenters. The number of hydrogen-bond acceptors (Lipinski definition) is 3. The van der Waals surface area contributed by atoms with E-state index in [2.05, 4.69) is 11.4 Å². The highest BCUT2D eigenvalue weighted by Gasteiger charge is 2.25. The normalized spacial score (nSPS) is 19.6. The number of nitrogens with one attached hydrogen (secondary N) is 1. The van der Waals surface area contributed by atoms with Crippen LogP contribution in [-0.2, 0) is 4.79 Å². The predicted molar refractivity (Wildman–Crippen MR) is 77.2 cm³/mol. The Hall–Kier alpha value is -1.00. The first-order valence-corrected chi connectivity index (χ1v) is 7.58. The molecule has 1 fully saturated rings. The number of piperidine rings is 1. The van der Waals surface area contributed by atoms with Gasteiger partial charge in [0.2, 0.25) is 5.91 Å². The summed E-state index contributed by atoms with van der Waals surface area (Å²) in [5.74, 6) is 0.349. The molecule has 98 valence electrons. The molecule has 2 rings (SSSR count). The third-order valence-electron chi connectivity index (χ3n) is 3.42. The number of hydrogen-bond donors (Lipinski definition) is 1. The fourth-order valence-corrected chi connectivity index (χ4v) is 2.99. The minimum Gasteiger partial charge on any atom is -0.316 e. The second-order valence-corrected chi connectivity index (χ2v) is 5.46. The standard InChI is InChI=1S/C14H20N2OS/c1-16(12-7-3-4-8-13(12)18-2)14(17)11-6-5-9-15-10-11/h3-4,7-8,11,15H,5-6,9-10H2,1-2H3. The highest BCUT2D eigenvalue weighted by atomic mass is 32.2. The zero-order valence-corrected chi connectivity index (χ0v) is 11.8. The average molecular weight is 264 g/mol. The van der Waals surface area contributed by atoms with E-state index in [1.807, 2.05) is 36.4 Å². The van der Waals surface area contributed by atoms with Crippen molar-refractivity contribution in [1.82, 2.24) is 5.32 Å². The van der Waals surface area contributed by atoms with Crippen LogP contribution in [0.25, 0.3) is 0 Å². The van der Waals surface area contributed by atoms with Crippen molar-refractivity contribution < 1.29 is 4.79 Å². The molecule has 0 bridgehead atoms. The zero-order valence-electron chi connectivity index (χ0n) is 11.0. The van der Waals surface area contributed by atoms with Crippen LogP contribution in [0.5, 0.6) is 0 Å². The monoisotopic (exact) mass is 264 g/mol. The third-order valence-corrected chi connectivity index (χ3v) is 4.21. The molecule has 1 aliphatic heterocycles. The zero-order chi connectivity index (χ0) is 13.0. The molecule has 0 aromatic heterocycles. The van der Waals surface area contributed by atoms with Gasteiger partial charge >= 0.3 is 0 Å². The van der Waals surface area contributed by atoms with E-state index in [0.717, 1.165) is 36.5 Å². The summed E-state index contributed by atoms with van der Waals surface area (Å²) >= 11 is 1.68. The van der Waals surface area contributed by atoms with Crippen LogP contribution in [0.2, 0.25) is 0 Å². The van der Waals surface area contributed by atoms with E-state index in [0.29, 0.717) is 0 Å². The lowest BCUT2D eigenvalue weighted by atomic mass is 9.98.